The van der Waals surface area contributed by atoms with Gasteiger partial charge < -0.3 is 22.0 Å². The van der Waals surface area contributed by atoms with Crippen LogP contribution in [-0.2, 0) is 4.79 Å². The first kappa shape index (κ1) is 31.4. The molecule has 0 fully saturated rings. The maximum atomic E-state index is 10.3. The topological polar surface area (TPSA) is 63.3 Å². The van der Waals surface area contributed by atoms with E-state index in [1.807, 2.05) is 0 Å². The Labute approximate surface area is 176 Å². The molecule has 166 valence electrons. The fraction of sp³-hybridized carbons (Fsp3) is 0.955. The van der Waals surface area contributed by atoms with Gasteiger partial charge in [-0.1, -0.05) is 90.9 Å². The van der Waals surface area contributed by atoms with Crippen molar-refractivity contribution in [2.45, 2.75) is 116 Å². The molecule has 27 heavy (non-hydrogen) atoms. The Morgan fingerprint density at radius 3 is 1.33 bits per heavy atom. The summed E-state index contributed by atoms with van der Waals surface area (Å²) in [6, 6.07) is 0. The number of unbranched alkanes of at least 4 members (excludes halogenated alkanes) is 12. The molecule has 0 saturated carbocycles. The molecule has 0 spiro atoms. The monoisotopic (exact) mass is 408 g/mol. The summed E-state index contributed by atoms with van der Waals surface area (Å²) in [4.78, 5) is 10.3. The third kappa shape index (κ3) is 28.0. The minimum Gasteiger partial charge on any atom is -1.00 e. The van der Waals surface area contributed by atoms with Crippen molar-refractivity contribution in [1.82, 2.24) is 0 Å². The number of nitrogens with two attached hydrogens (primary N) is 1. The Hall–Kier alpha value is -0.320. The lowest BCUT2D eigenvalue weighted by Gasteiger charge is -2.30. The van der Waals surface area contributed by atoms with Crippen molar-refractivity contribution >= 4 is 5.97 Å². The Balaban J connectivity index is -0.000000542. The first-order valence-electron chi connectivity index (χ1n) is 11.0. The normalized spacial score (nSPS) is 11.9. The van der Waals surface area contributed by atoms with Gasteiger partial charge in [-0.25, -0.2) is 0 Å². The molecule has 4 nitrogen and oxygen atoms in total. The van der Waals surface area contributed by atoms with E-state index >= 15 is 0 Å². The molecule has 1 atom stereocenters. The second kappa shape index (κ2) is 22.0. The Kier molecular flexibility index (Phi) is 25.5. The van der Waals surface area contributed by atoms with Gasteiger partial charge in [-0.2, -0.15) is 0 Å². The number of halogens is 1. The van der Waals surface area contributed by atoms with Gasteiger partial charge in [0.15, 0.2) is 0 Å². The minimum atomic E-state index is -0.655. The molecule has 0 aromatic rings. The lowest BCUT2D eigenvalue weighted by Crippen LogP contribution is -3.00. The third-order valence-corrected chi connectivity index (χ3v) is 4.91. The summed E-state index contributed by atoms with van der Waals surface area (Å²) >= 11 is 0. The van der Waals surface area contributed by atoms with Crippen LogP contribution in [0.2, 0.25) is 0 Å². The molecule has 0 bridgehead atoms. The minimum absolute atomic E-state index is 0. The van der Waals surface area contributed by atoms with Crippen molar-refractivity contribution in [3.63, 3.8) is 0 Å². The van der Waals surface area contributed by atoms with Crippen LogP contribution in [0.1, 0.15) is 110 Å². The van der Waals surface area contributed by atoms with E-state index in [4.69, 9.17) is 10.8 Å². The van der Waals surface area contributed by atoms with E-state index in [1.165, 1.54) is 70.6 Å². The first-order valence-corrected chi connectivity index (χ1v) is 11.0. The second-order valence-corrected chi connectivity index (χ2v) is 8.48. The average molecular weight is 409 g/mol. The molecular formula is C22H49ClN2O2. The quantitative estimate of drug-likeness (QED) is 0.234. The van der Waals surface area contributed by atoms with Gasteiger partial charge in [-0.3, -0.25) is 10.5 Å². The van der Waals surface area contributed by atoms with Crippen LogP contribution in [0.5, 0.6) is 0 Å². The van der Waals surface area contributed by atoms with Crippen LogP contribution in [0.25, 0.3) is 0 Å². The largest absolute Gasteiger partial charge is 1.00 e. The summed E-state index contributed by atoms with van der Waals surface area (Å²) in [6.07, 6.45) is 18.6. The highest BCUT2D eigenvalue weighted by Crippen LogP contribution is 2.12. The number of hydrogen-bond acceptors (Lipinski definition) is 2. The van der Waals surface area contributed by atoms with Crippen molar-refractivity contribution in [3.05, 3.63) is 0 Å². The molecule has 0 rings (SSSR count). The van der Waals surface area contributed by atoms with Crippen LogP contribution in [0, 0.1) is 0 Å². The van der Waals surface area contributed by atoms with E-state index in [2.05, 4.69) is 35.0 Å². The molecule has 1 unspecified atom stereocenters. The summed E-state index contributed by atoms with van der Waals surface area (Å²) in [5, 5.41) is 8.49. The van der Waals surface area contributed by atoms with Crippen LogP contribution in [0.15, 0.2) is 0 Å². The maximum Gasteiger partial charge on any atom is 0.303 e. The molecule has 0 radical (unpaired) electrons. The lowest BCUT2D eigenvalue weighted by atomic mass is 10.0. The molecule has 0 heterocycles. The zero-order chi connectivity index (χ0) is 20.3. The molecule has 5 heteroatoms. The standard InChI is InChI=1S/C16H32O2.C6H17N2.ClH/c1-2-3-4-5-6-7-8-9-10-11-12-13-14-15-16(17)18;1-5-6(7)8(2,3)4;/h2-15H2,1H3,(H,17,18);6H,5,7H2,1-4H3;1H/q;+1;/p-1. The molecule has 0 aliphatic carbocycles. The molecular weight excluding hydrogens is 360 g/mol. The van der Waals surface area contributed by atoms with Gasteiger partial charge in [-0.05, 0) is 6.42 Å². The molecule has 3 N–H and O–H groups in total. The van der Waals surface area contributed by atoms with Crippen LogP contribution in [-0.4, -0.2) is 42.9 Å². The molecule has 0 aliphatic rings. The van der Waals surface area contributed by atoms with E-state index in [1.54, 1.807) is 0 Å². The number of nitrogens with zero attached hydrogens (tertiary/aromatic N) is 1. The summed E-state index contributed by atoms with van der Waals surface area (Å²) in [5.74, 6) is -0.655. The lowest BCUT2D eigenvalue weighted by molar-refractivity contribution is -0.895. The number of carbonyl (C=O) groups is 1. The zero-order valence-corrected chi connectivity index (χ0v) is 19.7. The van der Waals surface area contributed by atoms with Crippen molar-refractivity contribution in [2.75, 3.05) is 21.1 Å². The fourth-order valence-electron chi connectivity index (χ4n) is 2.84. The van der Waals surface area contributed by atoms with Crippen LogP contribution < -0.4 is 18.1 Å². The number of carboxylic acid groups (broad SMARTS) is 1. The van der Waals surface area contributed by atoms with Gasteiger partial charge in [0.2, 0.25) is 0 Å². The van der Waals surface area contributed by atoms with Crippen molar-refractivity contribution in [1.29, 1.82) is 0 Å². The Morgan fingerprint density at radius 1 is 0.778 bits per heavy atom. The van der Waals surface area contributed by atoms with Gasteiger partial charge in [0.25, 0.3) is 0 Å². The summed E-state index contributed by atoms with van der Waals surface area (Å²) in [5.41, 5.74) is 5.72. The van der Waals surface area contributed by atoms with Gasteiger partial charge >= 0.3 is 5.97 Å². The third-order valence-electron chi connectivity index (χ3n) is 4.91. The number of rotatable bonds is 16. The highest BCUT2D eigenvalue weighted by Gasteiger charge is 2.14. The van der Waals surface area contributed by atoms with Gasteiger partial charge in [0.1, 0.15) is 6.17 Å². The van der Waals surface area contributed by atoms with E-state index in [0.717, 1.165) is 23.7 Å². The maximum absolute atomic E-state index is 10.3. The summed E-state index contributed by atoms with van der Waals surface area (Å²) < 4.78 is 0.858. The zero-order valence-electron chi connectivity index (χ0n) is 18.9. The molecule has 0 aliphatic heterocycles. The van der Waals surface area contributed by atoms with Crippen LogP contribution >= 0.6 is 0 Å². The number of aliphatic carboxylic acids is 1. The van der Waals surface area contributed by atoms with E-state index in [0.29, 0.717) is 6.42 Å². The van der Waals surface area contributed by atoms with Gasteiger partial charge in [0.05, 0.1) is 21.1 Å². The molecule has 0 saturated heterocycles. The predicted molar refractivity (Wildman–Crippen MR) is 114 cm³/mol. The van der Waals surface area contributed by atoms with E-state index < -0.39 is 5.97 Å². The van der Waals surface area contributed by atoms with Crippen LogP contribution in [0.4, 0.5) is 0 Å². The Bertz CT molecular complexity index is 307. The summed E-state index contributed by atoms with van der Waals surface area (Å²) in [6.45, 7) is 4.37. The van der Waals surface area contributed by atoms with Crippen LogP contribution in [0.3, 0.4) is 0 Å². The Morgan fingerprint density at radius 2 is 1.11 bits per heavy atom. The smallest absolute Gasteiger partial charge is 0.303 e. The van der Waals surface area contributed by atoms with Crippen molar-refractivity contribution in [2.24, 2.45) is 5.73 Å². The van der Waals surface area contributed by atoms with Crippen molar-refractivity contribution < 1.29 is 26.8 Å². The van der Waals surface area contributed by atoms with E-state index in [9.17, 15) is 4.79 Å². The van der Waals surface area contributed by atoms with E-state index in [-0.39, 0.29) is 18.6 Å². The highest BCUT2D eigenvalue weighted by molar-refractivity contribution is 5.66. The highest BCUT2D eigenvalue weighted by atomic mass is 35.5. The molecule has 0 amide bonds. The fourth-order valence-corrected chi connectivity index (χ4v) is 2.84. The predicted octanol–water partition coefficient (Wildman–Crippen LogP) is 2.94. The SMILES string of the molecule is CCC(N)[N+](C)(C)C.CCCCCCCCCCCCCCCC(=O)O.[Cl-]. The van der Waals surface area contributed by atoms with Gasteiger partial charge in [0, 0.05) is 12.8 Å². The number of quaternary nitrogens is 1. The molecule has 0 aromatic heterocycles. The van der Waals surface area contributed by atoms with Crippen molar-refractivity contribution in [3.8, 4) is 0 Å². The molecule has 0 aromatic carbocycles. The summed E-state index contributed by atoms with van der Waals surface area (Å²) in [7, 11) is 6.32. The number of carboxylic acids is 1. The van der Waals surface area contributed by atoms with Gasteiger partial charge in [-0.15, -0.1) is 0 Å². The first-order chi connectivity index (χ1) is 12.3. The second-order valence-electron chi connectivity index (χ2n) is 8.48. The number of hydrogen-bond donors (Lipinski definition) is 2. The average Bonchev–Trinajstić information content (AvgIpc) is 2.57.